The average Bonchev–Trinajstić information content (AvgIpc) is 3.71. The molecule has 0 aliphatic carbocycles. The van der Waals surface area contributed by atoms with Crippen molar-refractivity contribution in [2.75, 3.05) is 0 Å². The molecule has 1 fully saturated rings. The second-order valence-corrected chi connectivity index (χ2v) is 9.59. The minimum absolute atomic E-state index is 0.0249. The number of imidazole rings is 1. The molecular weight excluding hydrogens is 497 g/mol. The summed E-state index contributed by atoms with van der Waals surface area (Å²) in [6.07, 6.45) is 12.1. The summed E-state index contributed by atoms with van der Waals surface area (Å²) in [5.74, 6) is -0.0531. The molecule has 2 aliphatic rings. The summed E-state index contributed by atoms with van der Waals surface area (Å²) in [4.78, 5) is 30.7. The van der Waals surface area contributed by atoms with Crippen molar-refractivity contribution in [2.24, 2.45) is 0 Å². The van der Waals surface area contributed by atoms with Crippen LogP contribution in [0.5, 0.6) is 0 Å². The highest BCUT2D eigenvalue weighted by molar-refractivity contribution is 6.31. The Morgan fingerprint density at radius 1 is 1.16 bits per heavy atom. The summed E-state index contributed by atoms with van der Waals surface area (Å²) < 4.78 is 16.7. The van der Waals surface area contributed by atoms with Crippen molar-refractivity contribution in [1.82, 2.24) is 45.0 Å². The number of fused-ring (bicyclic) bond motifs is 2. The zero-order chi connectivity index (χ0) is 25.1. The lowest BCUT2D eigenvalue weighted by atomic mass is 9.92. The van der Waals surface area contributed by atoms with Crippen LogP contribution >= 0.6 is 11.6 Å². The number of pyridine rings is 1. The van der Waals surface area contributed by atoms with E-state index in [0.717, 1.165) is 40.8 Å². The van der Waals surface area contributed by atoms with Crippen LogP contribution in [0.15, 0.2) is 55.4 Å². The van der Waals surface area contributed by atoms with Crippen LogP contribution in [0.3, 0.4) is 0 Å². The highest BCUT2D eigenvalue weighted by Crippen LogP contribution is 2.44. The van der Waals surface area contributed by atoms with E-state index in [2.05, 4.69) is 35.5 Å². The van der Waals surface area contributed by atoms with Crippen molar-refractivity contribution < 1.29 is 9.18 Å². The molecule has 0 radical (unpaired) electrons. The van der Waals surface area contributed by atoms with Gasteiger partial charge in [-0.25, -0.2) is 9.37 Å². The van der Waals surface area contributed by atoms with Crippen LogP contribution in [0.25, 0.3) is 33.4 Å². The Hall–Kier alpha value is -4.38. The Morgan fingerprint density at radius 2 is 2.08 bits per heavy atom. The van der Waals surface area contributed by atoms with Crippen LogP contribution in [-0.4, -0.2) is 57.0 Å². The molecule has 2 aliphatic heterocycles. The second-order valence-electron chi connectivity index (χ2n) is 9.18. The molecule has 12 heteroatoms. The maximum absolute atomic E-state index is 15.3. The van der Waals surface area contributed by atoms with E-state index in [4.69, 9.17) is 11.6 Å². The van der Waals surface area contributed by atoms with E-state index in [1.165, 1.54) is 23.2 Å². The third kappa shape index (κ3) is 3.45. The first-order chi connectivity index (χ1) is 18.1. The molecule has 10 nitrogen and oxygen atoms in total. The van der Waals surface area contributed by atoms with Crippen LogP contribution < -0.4 is 0 Å². The highest BCUT2D eigenvalue weighted by Gasteiger charge is 2.42. The number of aromatic amines is 2. The molecule has 4 aromatic heterocycles. The molecule has 2 atom stereocenters. The van der Waals surface area contributed by atoms with Crippen LogP contribution in [0.2, 0.25) is 5.02 Å². The molecule has 7 rings (SSSR count). The number of aromatic nitrogens is 8. The normalized spacial score (nSPS) is 19.5. The van der Waals surface area contributed by atoms with Gasteiger partial charge in [0.1, 0.15) is 12.2 Å². The van der Waals surface area contributed by atoms with Gasteiger partial charge >= 0.3 is 0 Å². The van der Waals surface area contributed by atoms with Gasteiger partial charge < -0.3 is 14.9 Å². The fraction of sp³-hybridized carbons (Fsp3) is 0.200. The molecule has 1 amide bonds. The summed E-state index contributed by atoms with van der Waals surface area (Å²) in [5.41, 5.74) is 4.04. The first-order valence-corrected chi connectivity index (χ1v) is 12.2. The van der Waals surface area contributed by atoms with Gasteiger partial charge in [0.2, 0.25) is 5.91 Å². The molecule has 0 saturated carbocycles. The summed E-state index contributed by atoms with van der Waals surface area (Å²) in [5, 5.41) is 12.2. The monoisotopic (exact) mass is 515 g/mol. The molecule has 2 N–H and O–H groups in total. The number of nitrogens with zero attached hydrogens (tertiary/aromatic N) is 7. The molecule has 6 heterocycles. The van der Waals surface area contributed by atoms with E-state index >= 15 is 4.39 Å². The lowest BCUT2D eigenvalue weighted by Gasteiger charge is -2.33. The maximum atomic E-state index is 15.3. The van der Waals surface area contributed by atoms with E-state index in [0.29, 0.717) is 17.7 Å². The first-order valence-electron chi connectivity index (χ1n) is 11.8. The van der Waals surface area contributed by atoms with Crippen LogP contribution in [0, 0.1) is 5.82 Å². The number of H-pyrrole nitrogens is 2. The standard InChI is InChI=1S/C25H19ClFN9O/c26-17-2-4-20(35-12-31-33-34-35)23(24(17)27)13-7-14-1-3-21(36(14)22(37)8-13)25-30-11-19(32-25)16-9-29-18-10-28-6-5-15(16)18/h2,4-6,8-12,14,21,29H,1,3,7H2,(H,30,32)/t14?,21-/m1/s1. The number of amides is 1. The van der Waals surface area contributed by atoms with Gasteiger partial charge in [-0.05, 0) is 53.5 Å². The van der Waals surface area contributed by atoms with E-state index in [-0.39, 0.29) is 28.6 Å². The fourth-order valence-corrected chi connectivity index (χ4v) is 5.70. The summed E-state index contributed by atoms with van der Waals surface area (Å²) in [7, 11) is 0. The van der Waals surface area contributed by atoms with E-state index in [9.17, 15) is 4.79 Å². The number of benzene rings is 1. The minimum Gasteiger partial charge on any atom is -0.359 e. The van der Waals surface area contributed by atoms with Gasteiger partial charge in [-0.3, -0.25) is 9.78 Å². The third-order valence-electron chi connectivity index (χ3n) is 7.18. The Balaban J connectivity index is 1.22. The van der Waals surface area contributed by atoms with E-state index in [1.807, 2.05) is 17.2 Å². The maximum Gasteiger partial charge on any atom is 0.247 e. The summed E-state index contributed by atoms with van der Waals surface area (Å²) in [6, 6.07) is 4.77. The summed E-state index contributed by atoms with van der Waals surface area (Å²) >= 11 is 6.12. The topological polar surface area (TPSA) is 121 Å². The predicted octanol–water partition coefficient (Wildman–Crippen LogP) is 4.24. The van der Waals surface area contributed by atoms with Crippen LogP contribution in [0.4, 0.5) is 4.39 Å². The smallest absolute Gasteiger partial charge is 0.247 e. The molecule has 5 aromatic rings. The Labute approximate surface area is 214 Å². The highest BCUT2D eigenvalue weighted by atomic mass is 35.5. The van der Waals surface area contributed by atoms with Crippen LogP contribution in [-0.2, 0) is 4.79 Å². The Bertz CT molecular complexity index is 1690. The number of hydrogen-bond donors (Lipinski definition) is 2. The molecule has 1 aromatic carbocycles. The van der Waals surface area contributed by atoms with Crippen molar-refractivity contribution in [1.29, 1.82) is 0 Å². The molecular formula is C25H19ClFN9O. The van der Waals surface area contributed by atoms with Gasteiger partial charge in [0.25, 0.3) is 0 Å². The number of halogens is 2. The Kier molecular flexibility index (Phi) is 4.93. The summed E-state index contributed by atoms with van der Waals surface area (Å²) in [6.45, 7) is 0. The molecule has 1 unspecified atom stereocenters. The van der Waals surface area contributed by atoms with Crippen molar-refractivity contribution in [3.63, 3.8) is 0 Å². The number of carbonyl (C=O) groups excluding carboxylic acids is 1. The molecule has 37 heavy (non-hydrogen) atoms. The van der Waals surface area contributed by atoms with Gasteiger partial charge in [0.15, 0.2) is 5.82 Å². The molecule has 1 saturated heterocycles. The predicted molar refractivity (Wildman–Crippen MR) is 133 cm³/mol. The number of carbonyl (C=O) groups is 1. The van der Waals surface area contributed by atoms with E-state index in [1.54, 1.807) is 24.7 Å². The lowest BCUT2D eigenvalue weighted by molar-refractivity contribution is -0.129. The molecule has 184 valence electrons. The van der Waals surface area contributed by atoms with Gasteiger partial charge in [-0.2, -0.15) is 4.68 Å². The van der Waals surface area contributed by atoms with Crippen molar-refractivity contribution in [3.05, 3.63) is 77.6 Å². The minimum atomic E-state index is -0.596. The first kappa shape index (κ1) is 21.9. The third-order valence-corrected chi connectivity index (χ3v) is 7.48. The van der Waals surface area contributed by atoms with Gasteiger partial charge in [0, 0.05) is 41.0 Å². The molecule has 0 spiro atoms. The Morgan fingerprint density at radius 3 is 2.95 bits per heavy atom. The van der Waals surface area contributed by atoms with Gasteiger partial charge in [-0.1, -0.05) is 11.6 Å². The van der Waals surface area contributed by atoms with Gasteiger partial charge in [-0.15, -0.1) is 5.10 Å². The SMILES string of the molecule is O=C1C=C(c2c(-n3cnnn3)ccc(Cl)c2F)CC2CC[C@H](c3ncc(-c4c[nH]c5cnccc45)[nH]3)N12. The van der Waals surface area contributed by atoms with Crippen LogP contribution in [0.1, 0.15) is 36.7 Å². The number of nitrogens with one attached hydrogen (secondary N) is 2. The average molecular weight is 516 g/mol. The second kappa shape index (κ2) is 8.34. The number of rotatable bonds is 4. The zero-order valence-corrected chi connectivity index (χ0v) is 20.0. The quantitative estimate of drug-likeness (QED) is 0.369. The van der Waals surface area contributed by atoms with Crippen molar-refractivity contribution in [3.8, 4) is 16.9 Å². The zero-order valence-electron chi connectivity index (χ0n) is 19.3. The van der Waals surface area contributed by atoms with Gasteiger partial charge in [0.05, 0.1) is 40.4 Å². The van der Waals surface area contributed by atoms with Crippen molar-refractivity contribution in [2.45, 2.75) is 31.3 Å². The largest absolute Gasteiger partial charge is 0.359 e. The van der Waals surface area contributed by atoms with E-state index < -0.39 is 5.82 Å². The van der Waals surface area contributed by atoms with Crippen molar-refractivity contribution >= 4 is 34.0 Å². The molecule has 0 bridgehead atoms. The lowest BCUT2D eigenvalue weighted by Crippen LogP contribution is -2.39. The fourth-order valence-electron chi connectivity index (χ4n) is 5.54. The number of tetrazole rings is 1. The number of hydrogen-bond acceptors (Lipinski definition) is 6.